The van der Waals surface area contributed by atoms with E-state index in [1.165, 1.54) is 0 Å². The van der Waals surface area contributed by atoms with Gasteiger partial charge in [0.25, 0.3) is 0 Å². The Hall–Kier alpha value is 0.0400. The predicted octanol–water partition coefficient (Wildman–Crippen LogP) is 3.39. The fraction of sp³-hybridized carbons (Fsp3) is 0.400. The third-order valence-electron chi connectivity index (χ3n) is 2.30. The number of halogens is 3. The Labute approximate surface area is 109 Å². The van der Waals surface area contributed by atoms with E-state index in [4.69, 9.17) is 22.1 Å². The van der Waals surface area contributed by atoms with E-state index < -0.39 is 0 Å². The van der Waals surface area contributed by atoms with Crippen molar-refractivity contribution in [2.45, 2.75) is 18.4 Å². The van der Waals surface area contributed by atoms with E-state index in [0.29, 0.717) is 17.4 Å². The first-order chi connectivity index (χ1) is 6.59. The Morgan fingerprint density at radius 3 is 2.67 bits per heavy atom. The van der Waals surface area contributed by atoms with Crippen molar-refractivity contribution in [2.75, 3.05) is 6.61 Å². The standard InChI is InChI=1S/C10H11BrClNO.ClH/c11-7-1-2-9(8(12)5-7)14-6-10(13)3-4-10;/h1-2,5H,3-4,6,13H2;1H. The smallest absolute Gasteiger partial charge is 0.138 e. The molecule has 5 heteroatoms. The van der Waals surface area contributed by atoms with Gasteiger partial charge >= 0.3 is 0 Å². The summed E-state index contributed by atoms with van der Waals surface area (Å²) in [6.07, 6.45) is 2.09. The molecule has 0 amide bonds. The van der Waals surface area contributed by atoms with Crippen molar-refractivity contribution in [2.24, 2.45) is 5.73 Å². The zero-order chi connectivity index (χ0) is 10.2. The van der Waals surface area contributed by atoms with Crippen molar-refractivity contribution in [1.29, 1.82) is 0 Å². The molecular weight excluding hydrogens is 301 g/mol. The largest absolute Gasteiger partial charge is 0.490 e. The van der Waals surface area contributed by atoms with Crippen LogP contribution in [0.25, 0.3) is 0 Å². The molecule has 1 aromatic rings. The molecule has 0 unspecified atom stereocenters. The van der Waals surface area contributed by atoms with Crippen LogP contribution in [0.5, 0.6) is 5.75 Å². The maximum atomic E-state index is 5.98. The Balaban J connectivity index is 0.00000112. The van der Waals surface area contributed by atoms with Crippen LogP contribution in [-0.2, 0) is 0 Å². The number of nitrogens with two attached hydrogens (primary N) is 1. The molecule has 1 saturated carbocycles. The molecule has 15 heavy (non-hydrogen) atoms. The average Bonchev–Trinajstić information content (AvgIpc) is 2.83. The molecule has 0 aliphatic heterocycles. The highest BCUT2D eigenvalue weighted by Crippen LogP contribution is 2.34. The van der Waals surface area contributed by atoms with Gasteiger partial charge in [-0.1, -0.05) is 27.5 Å². The lowest BCUT2D eigenvalue weighted by Crippen LogP contribution is -2.29. The van der Waals surface area contributed by atoms with Crippen LogP contribution in [0.3, 0.4) is 0 Å². The van der Waals surface area contributed by atoms with E-state index in [0.717, 1.165) is 17.3 Å². The van der Waals surface area contributed by atoms with E-state index >= 15 is 0 Å². The summed E-state index contributed by atoms with van der Waals surface area (Å²) in [5.74, 6) is 0.701. The number of ether oxygens (including phenoxy) is 1. The van der Waals surface area contributed by atoms with Gasteiger partial charge in [-0.25, -0.2) is 0 Å². The summed E-state index contributed by atoms with van der Waals surface area (Å²) in [4.78, 5) is 0. The minimum absolute atomic E-state index is 0. The van der Waals surface area contributed by atoms with E-state index in [2.05, 4.69) is 15.9 Å². The lowest BCUT2D eigenvalue weighted by molar-refractivity contribution is 0.279. The van der Waals surface area contributed by atoms with E-state index in [1.54, 1.807) is 0 Å². The van der Waals surface area contributed by atoms with Crippen LogP contribution in [-0.4, -0.2) is 12.1 Å². The summed E-state index contributed by atoms with van der Waals surface area (Å²) in [6, 6.07) is 5.56. The Morgan fingerprint density at radius 1 is 1.47 bits per heavy atom. The Morgan fingerprint density at radius 2 is 2.13 bits per heavy atom. The van der Waals surface area contributed by atoms with Crippen LogP contribution < -0.4 is 10.5 Å². The molecule has 0 aromatic heterocycles. The minimum atomic E-state index is -0.101. The quantitative estimate of drug-likeness (QED) is 0.928. The molecule has 1 aliphatic carbocycles. The Kier molecular flexibility index (Phi) is 4.29. The van der Waals surface area contributed by atoms with Crippen LogP contribution in [0.2, 0.25) is 5.02 Å². The normalized spacial score (nSPS) is 16.7. The topological polar surface area (TPSA) is 35.2 Å². The third kappa shape index (κ3) is 3.52. The zero-order valence-electron chi connectivity index (χ0n) is 8.00. The molecule has 2 rings (SSSR count). The first-order valence-corrected chi connectivity index (χ1v) is 5.63. The van der Waals surface area contributed by atoms with Crippen molar-refractivity contribution in [3.8, 4) is 5.75 Å². The summed E-state index contributed by atoms with van der Waals surface area (Å²) in [5.41, 5.74) is 5.80. The molecule has 0 saturated heterocycles. The second-order valence-electron chi connectivity index (χ2n) is 3.73. The van der Waals surface area contributed by atoms with Crippen molar-refractivity contribution in [1.82, 2.24) is 0 Å². The van der Waals surface area contributed by atoms with Gasteiger partial charge in [-0.05, 0) is 31.0 Å². The number of hydrogen-bond acceptors (Lipinski definition) is 2. The van der Waals surface area contributed by atoms with Gasteiger partial charge in [0.05, 0.1) is 10.6 Å². The van der Waals surface area contributed by atoms with Crippen LogP contribution in [0, 0.1) is 0 Å². The fourth-order valence-corrected chi connectivity index (χ4v) is 1.85. The van der Waals surface area contributed by atoms with Crippen molar-refractivity contribution in [3.63, 3.8) is 0 Å². The van der Waals surface area contributed by atoms with Crippen molar-refractivity contribution >= 4 is 39.9 Å². The molecule has 0 atom stereocenters. The maximum Gasteiger partial charge on any atom is 0.138 e. The molecule has 1 aromatic carbocycles. The molecule has 84 valence electrons. The predicted molar refractivity (Wildman–Crippen MR) is 68.0 cm³/mol. The van der Waals surface area contributed by atoms with E-state index in [1.807, 2.05) is 18.2 Å². The molecular formula is C10H12BrCl2NO. The second kappa shape index (κ2) is 4.91. The Bertz CT molecular complexity index is 355. The van der Waals surface area contributed by atoms with Crippen LogP contribution in [0.1, 0.15) is 12.8 Å². The van der Waals surface area contributed by atoms with E-state index in [-0.39, 0.29) is 17.9 Å². The highest BCUT2D eigenvalue weighted by atomic mass is 79.9. The van der Waals surface area contributed by atoms with Gasteiger partial charge in [-0.3, -0.25) is 0 Å². The molecule has 0 radical (unpaired) electrons. The van der Waals surface area contributed by atoms with Crippen molar-refractivity contribution in [3.05, 3.63) is 27.7 Å². The summed E-state index contributed by atoms with van der Waals surface area (Å²) >= 11 is 9.32. The molecule has 1 aliphatic rings. The second-order valence-corrected chi connectivity index (χ2v) is 5.05. The summed E-state index contributed by atoms with van der Waals surface area (Å²) < 4.78 is 6.49. The van der Waals surface area contributed by atoms with Crippen LogP contribution in [0.15, 0.2) is 22.7 Å². The number of hydrogen-bond donors (Lipinski definition) is 1. The van der Waals surface area contributed by atoms with E-state index in [9.17, 15) is 0 Å². The van der Waals surface area contributed by atoms with Crippen LogP contribution in [0.4, 0.5) is 0 Å². The summed E-state index contributed by atoms with van der Waals surface area (Å²) in [5, 5.41) is 0.614. The number of benzene rings is 1. The highest BCUT2D eigenvalue weighted by molar-refractivity contribution is 9.10. The molecule has 0 heterocycles. The summed E-state index contributed by atoms with van der Waals surface area (Å²) in [6.45, 7) is 0.550. The van der Waals surface area contributed by atoms with Gasteiger partial charge in [-0.2, -0.15) is 0 Å². The monoisotopic (exact) mass is 311 g/mol. The van der Waals surface area contributed by atoms with Gasteiger partial charge in [0, 0.05) is 4.47 Å². The highest BCUT2D eigenvalue weighted by Gasteiger charge is 2.39. The number of rotatable bonds is 3. The zero-order valence-corrected chi connectivity index (χ0v) is 11.2. The van der Waals surface area contributed by atoms with Gasteiger partial charge in [0.15, 0.2) is 0 Å². The van der Waals surface area contributed by atoms with Gasteiger partial charge < -0.3 is 10.5 Å². The molecule has 2 nitrogen and oxygen atoms in total. The SMILES string of the molecule is Cl.NC1(COc2ccc(Br)cc2Cl)CC1. The summed E-state index contributed by atoms with van der Waals surface area (Å²) in [7, 11) is 0. The molecule has 0 bridgehead atoms. The first kappa shape index (κ1) is 13.1. The van der Waals surface area contributed by atoms with Gasteiger partial charge in [-0.15, -0.1) is 12.4 Å². The molecule has 1 fully saturated rings. The minimum Gasteiger partial charge on any atom is -0.490 e. The van der Waals surface area contributed by atoms with Crippen LogP contribution >= 0.6 is 39.9 Å². The average molecular weight is 313 g/mol. The third-order valence-corrected chi connectivity index (χ3v) is 3.09. The van der Waals surface area contributed by atoms with Gasteiger partial charge in [0.1, 0.15) is 12.4 Å². The first-order valence-electron chi connectivity index (χ1n) is 4.46. The lowest BCUT2D eigenvalue weighted by atomic mass is 10.3. The van der Waals surface area contributed by atoms with Gasteiger partial charge in [0.2, 0.25) is 0 Å². The lowest BCUT2D eigenvalue weighted by Gasteiger charge is -2.12. The molecule has 0 spiro atoms. The maximum absolute atomic E-state index is 5.98. The molecule has 2 N–H and O–H groups in total. The van der Waals surface area contributed by atoms with Crippen molar-refractivity contribution < 1.29 is 4.74 Å². The fourth-order valence-electron chi connectivity index (χ4n) is 1.12.